The molecule has 0 saturated carbocycles. The van der Waals surface area contributed by atoms with E-state index in [0.717, 1.165) is 16.7 Å². The van der Waals surface area contributed by atoms with Gasteiger partial charge in [0, 0.05) is 28.4 Å². The molecule has 2 aromatic carbocycles. The van der Waals surface area contributed by atoms with E-state index in [0.29, 0.717) is 22.9 Å². The van der Waals surface area contributed by atoms with Crippen molar-refractivity contribution in [2.75, 3.05) is 0 Å². The Morgan fingerprint density at radius 3 is 2.03 bits per heavy atom. The summed E-state index contributed by atoms with van der Waals surface area (Å²) in [5.74, 6) is 0.213. The first kappa shape index (κ1) is 29.0. The maximum Gasteiger partial charge on any atom is 0.573 e. The molecule has 2 nitrogen and oxygen atoms in total. The van der Waals surface area contributed by atoms with E-state index in [1.807, 2.05) is 26.8 Å². The molecule has 0 spiro atoms. The van der Waals surface area contributed by atoms with Crippen LogP contribution < -0.4 is 4.74 Å². The lowest BCUT2D eigenvalue weighted by molar-refractivity contribution is -0.275. The average Bonchev–Trinajstić information content (AvgIpc) is 2.77. The lowest BCUT2D eigenvalue weighted by Crippen LogP contribution is -2.26. The van der Waals surface area contributed by atoms with Crippen molar-refractivity contribution in [1.29, 1.82) is 0 Å². The van der Waals surface area contributed by atoms with Crippen LogP contribution in [0.25, 0.3) is 0 Å². The molecule has 0 aliphatic heterocycles. The molecular weight excluding hydrogens is 495 g/mol. The molecule has 6 heteroatoms. The van der Waals surface area contributed by atoms with Gasteiger partial charge < -0.3 is 4.74 Å². The third-order valence-corrected chi connectivity index (χ3v) is 8.16. The lowest BCUT2D eigenvalue weighted by atomic mass is 9.72. The first-order chi connectivity index (χ1) is 17.0. The third kappa shape index (κ3) is 5.98. The monoisotopic (exact) mass is 531 g/mol. The standard InChI is InChI=1S/C31H37ClF3NO/c1-18(2)23-11-13-24(20(4)19(23)3)30(8,9)25-12-10-22(28(32)21(25)5)16-29(6,7)26-17-36-15-14-27(26)37-31(33,34)35/h10-15,17-18H,16H2,1-9H3. The van der Waals surface area contributed by atoms with Crippen molar-refractivity contribution in [1.82, 2.24) is 4.98 Å². The fourth-order valence-corrected chi connectivity index (χ4v) is 5.75. The summed E-state index contributed by atoms with van der Waals surface area (Å²) in [6, 6.07) is 9.81. The molecule has 0 N–H and O–H groups in total. The zero-order valence-electron chi connectivity index (χ0n) is 23.2. The number of hydrogen-bond donors (Lipinski definition) is 0. The summed E-state index contributed by atoms with van der Waals surface area (Å²) in [7, 11) is 0. The molecule has 0 aliphatic rings. The second-order valence-electron chi connectivity index (χ2n) is 11.4. The van der Waals surface area contributed by atoms with Gasteiger partial charge in [0.25, 0.3) is 0 Å². The molecule has 0 amide bonds. The van der Waals surface area contributed by atoms with Gasteiger partial charge in [-0.15, -0.1) is 13.2 Å². The van der Waals surface area contributed by atoms with Crippen LogP contribution in [-0.2, 0) is 17.3 Å². The van der Waals surface area contributed by atoms with E-state index >= 15 is 0 Å². The predicted molar refractivity (Wildman–Crippen MR) is 146 cm³/mol. The molecule has 0 atom stereocenters. The lowest BCUT2D eigenvalue weighted by Gasteiger charge is -2.33. The number of benzene rings is 2. The van der Waals surface area contributed by atoms with Gasteiger partial charge in [0.15, 0.2) is 0 Å². The van der Waals surface area contributed by atoms with Gasteiger partial charge in [0.05, 0.1) is 0 Å². The Hall–Kier alpha value is -2.53. The fraction of sp³-hybridized carbons (Fsp3) is 0.452. The summed E-state index contributed by atoms with van der Waals surface area (Å²) in [4.78, 5) is 4.06. The maximum absolute atomic E-state index is 13.0. The van der Waals surface area contributed by atoms with E-state index in [2.05, 4.69) is 69.5 Å². The van der Waals surface area contributed by atoms with Crippen LogP contribution in [0, 0.1) is 20.8 Å². The number of ether oxygens (including phenoxy) is 1. The van der Waals surface area contributed by atoms with Crippen LogP contribution in [0.4, 0.5) is 13.2 Å². The molecule has 0 radical (unpaired) electrons. The van der Waals surface area contributed by atoms with Crippen molar-refractivity contribution < 1.29 is 17.9 Å². The number of nitrogens with zero attached hydrogens (tertiary/aromatic N) is 1. The zero-order chi connectivity index (χ0) is 27.9. The zero-order valence-corrected chi connectivity index (χ0v) is 23.9. The summed E-state index contributed by atoms with van der Waals surface area (Å²) in [6.45, 7) is 19.0. The van der Waals surface area contributed by atoms with Crippen LogP contribution in [-0.4, -0.2) is 11.3 Å². The molecule has 1 aromatic heterocycles. The second kappa shape index (κ2) is 10.3. The Kier molecular flexibility index (Phi) is 8.10. The molecule has 0 bridgehead atoms. The van der Waals surface area contributed by atoms with Gasteiger partial charge in [0.1, 0.15) is 5.75 Å². The third-order valence-electron chi connectivity index (χ3n) is 7.63. The van der Waals surface area contributed by atoms with Crippen molar-refractivity contribution in [3.8, 4) is 5.75 Å². The normalized spacial score (nSPS) is 12.8. The first-order valence-electron chi connectivity index (χ1n) is 12.6. The number of alkyl halides is 3. The minimum Gasteiger partial charge on any atom is -0.405 e. The van der Waals surface area contributed by atoms with Gasteiger partial charge >= 0.3 is 6.36 Å². The number of pyridine rings is 1. The Morgan fingerprint density at radius 1 is 0.838 bits per heavy atom. The van der Waals surface area contributed by atoms with Crippen molar-refractivity contribution in [3.05, 3.63) is 92.3 Å². The van der Waals surface area contributed by atoms with E-state index in [1.54, 1.807) is 0 Å². The molecule has 200 valence electrons. The number of aromatic nitrogens is 1. The number of hydrogen-bond acceptors (Lipinski definition) is 2. The molecule has 37 heavy (non-hydrogen) atoms. The molecular formula is C31H37ClF3NO. The highest BCUT2D eigenvalue weighted by molar-refractivity contribution is 6.32. The first-order valence-corrected chi connectivity index (χ1v) is 12.9. The largest absolute Gasteiger partial charge is 0.573 e. The Morgan fingerprint density at radius 2 is 1.43 bits per heavy atom. The highest BCUT2D eigenvalue weighted by Crippen LogP contribution is 2.42. The SMILES string of the molecule is Cc1c(C(C)C)ccc(C(C)(C)c2ccc(CC(C)(C)c3cnccc3OC(F)(F)F)c(Cl)c2C)c1C. The average molecular weight is 532 g/mol. The van der Waals surface area contributed by atoms with E-state index in [-0.39, 0.29) is 11.2 Å². The van der Waals surface area contributed by atoms with Crippen molar-refractivity contribution in [2.45, 2.75) is 91.8 Å². The van der Waals surface area contributed by atoms with Gasteiger partial charge in [-0.2, -0.15) is 0 Å². The summed E-state index contributed by atoms with van der Waals surface area (Å²) in [5, 5.41) is 0.633. The van der Waals surface area contributed by atoms with Crippen molar-refractivity contribution in [3.63, 3.8) is 0 Å². The quantitative estimate of drug-likeness (QED) is 0.303. The topological polar surface area (TPSA) is 22.1 Å². The maximum atomic E-state index is 13.0. The summed E-state index contributed by atoms with van der Waals surface area (Å²) in [5.41, 5.74) is 7.56. The fourth-order valence-electron chi connectivity index (χ4n) is 5.52. The molecule has 3 rings (SSSR count). The minimum absolute atomic E-state index is 0.242. The molecule has 0 saturated heterocycles. The van der Waals surface area contributed by atoms with Crippen LogP contribution in [0.5, 0.6) is 5.75 Å². The Balaban J connectivity index is 2.01. The molecule has 0 aliphatic carbocycles. The van der Waals surface area contributed by atoms with Gasteiger partial charge in [-0.3, -0.25) is 4.98 Å². The van der Waals surface area contributed by atoms with Crippen molar-refractivity contribution >= 4 is 11.6 Å². The molecule has 3 aromatic rings. The summed E-state index contributed by atoms with van der Waals surface area (Å²) >= 11 is 6.94. The molecule has 0 unspecified atom stereocenters. The van der Waals surface area contributed by atoms with Crippen LogP contribution in [0.1, 0.15) is 92.0 Å². The second-order valence-corrected chi connectivity index (χ2v) is 11.8. The number of rotatable bonds is 7. The van der Waals surface area contributed by atoms with Crippen LogP contribution in [0.15, 0.2) is 42.7 Å². The van der Waals surface area contributed by atoms with Crippen molar-refractivity contribution in [2.24, 2.45) is 0 Å². The van der Waals surface area contributed by atoms with Crippen LogP contribution in [0.3, 0.4) is 0 Å². The van der Waals surface area contributed by atoms with Gasteiger partial charge in [-0.25, -0.2) is 0 Å². The smallest absolute Gasteiger partial charge is 0.405 e. The highest BCUT2D eigenvalue weighted by Gasteiger charge is 2.35. The predicted octanol–water partition coefficient (Wildman–Crippen LogP) is 9.53. The van der Waals surface area contributed by atoms with Crippen LogP contribution in [0.2, 0.25) is 5.02 Å². The molecule has 1 heterocycles. The Bertz CT molecular complexity index is 1290. The molecule has 0 fully saturated rings. The van der Waals surface area contributed by atoms with E-state index < -0.39 is 11.8 Å². The number of halogens is 4. The van der Waals surface area contributed by atoms with E-state index in [1.165, 1.54) is 40.7 Å². The minimum atomic E-state index is -4.78. The Labute approximate surface area is 224 Å². The van der Waals surface area contributed by atoms with Crippen LogP contribution >= 0.6 is 11.6 Å². The van der Waals surface area contributed by atoms with Gasteiger partial charge in [0.2, 0.25) is 0 Å². The van der Waals surface area contributed by atoms with E-state index in [4.69, 9.17) is 11.6 Å². The highest BCUT2D eigenvalue weighted by atomic mass is 35.5. The van der Waals surface area contributed by atoms with Gasteiger partial charge in [-0.1, -0.05) is 77.4 Å². The van der Waals surface area contributed by atoms with E-state index in [9.17, 15) is 13.2 Å². The van der Waals surface area contributed by atoms with Gasteiger partial charge in [-0.05, 0) is 83.5 Å². The summed E-state index contributed by atoms with van der Waals surface area (Å²) < 4.78 is 43.3. The summed E-state index contributed by atoms with van der Waals surface area (Å²) in [6.07, 6.45) is -1.62.